The van der Waals surface area contributed by atoms with Gasteiger partial charge in [-0.3, -0.25) is 4.79 Å². The Morgan fingerprint density at radius 2 is 1.49 bits per heavy atom. The van der Waals surface area contributed by atoms with Gasteiger partial charge in [0.05, 0.1) is 23.7 Å². The number of urea groups is 1. The molecule has 8 heteroatoms. The van der Waals surface area contributed by atoms with Crippen LogP contribution in [0.5, 0.6) is 5.75 Å². The minimum atomic E-state index is -0.373. The molecule has 0 aromatic heterocycles. The number of para-hydroxylation sites is 1. The highest BCUT2D eigenvalue weighted by atomic mass is 79.9. The number of halogens is 1. The Morgan fingerprint density at radius 3 is 2.07 bits per heavy atom. The maximum atomic E-state index is 12.8. The lowest BCUT2D eigenvalue weighted by atomic mass is 10.1. The number of anilines is 2. The number of nitrogens with one attached hydrogen (secondary N) is 2. The quantitative estimate of drug-likeness (QED) is 0.117. The van der Waals surface area contributed by atoms with Crippen molar-refractivity contribution in [3.05, 3.63) is 65.2 Å². The molecule has 2 N–H and O–H groups in total. The van der Waals surface area contributed by atoms with Crippen LogP contribution in [-0.2, 0) is 6.54 Å². The Labute approximate surface area is 261 Å². The van der Waals surface area contributed by atoms with Crippen molar-refractivity contribution < 1.29 is 14.3 Å². The molecule has 0 saturated carbocycles. The van der Waals surface area contributed by atoms with Gasteiger partial charge in [-0.2, -0.15) is 0 Å². The maximum Gasteiger partial charge on any atom is 0.323 e. The van der Waals surface area contributed by atoms with Crippen molar-refractivity contribution in [2.45, 2.75) is 97.4 Å². The van der Waals surface area contributed by atoms with Crippen LogP contribution in [0.4, 0.5) is 16.2 Å². The molecule has 226 valence electrons. The molecule has 2 aromatic carbocycles. The van der Waals surface area contributed by atoms with Crippen LogP contribution < -0.4 is 15.4 Å². The van der Waals surface area contributed by atoms with Gasteiger partial charge in [-0.25, -0.2) is 4.79 Å². The number of ether oxygens (including phenoxy) is 1. The molecule has 1 aliphatic heterocycles. The van der Waals surface area contributed by atoms with Crippen LogP contribution in [-0.4, -0.2) is 29.2 Å². The second-order valence-corrected chi connectivity index (χ2v) is 11.4. The highest BCUT2D eigenvalue weighted by Crippen LogP contribution is 2.30. The van der Waals surface area contributed by atoms with Gasteiger partial charge in [-0.15, -0.1) is 28.7 Å². The van der Waals surface area contributed by atoms with Gasteiger partial charge in [-0.05, 0) is 48.6 Å². The molecule has 2 amide bonds. The summed E-state index contributed by atoms with van der Waals surface area (Å²) < 4.78 is 6.08. The van der Waals surface area contributed by atoms with E-state index in [4.69, 9.17) is 4.74 Å². The summed E-state index contributed by atoms with van der Waals surface area (Å²) in [5.74, 6) is 1.32. The third-order valence-corrected chi connectivity index (χ3v) is 7.89. The first-order chi connectivity index (χ1) is 19.6. The monoisotopic (exact) mass is 645 g/mol. The van der Waals surface area contributed by atoms with Crippen molar-refractivity contribution in [3.8, 4) is 5.75 Å². The molecule has 41 heavy (non-hydrogen) atoms. The third kappa shape index (κ3) is 13.4. The van der Waals surface area contributed by atoms with Gasteiger partial charge < -0.3 is 20.3 Å². The van der Waals surface area contributed by atoms with E-state index in [9.17, 15) is 9.59 Å². The molecule has 0 radical (unpaired) electrons. The van der Waals surface area contributed by atoms with E-state index in [0.717, 1.165) is 25.3 Å². The summed E-state index contributed by atoms with van der Waals surface area (Å²) in [7, 11) is 0. The molecule has 2 aromatic rings. The van der Waals surface area contributed by atoms with E-state index in [1.54, 1.807) is 30.0 Å². The summed E-state index contributed by atoms with van der Waals surface area (Å²) >= 11 is 1.78. The molecule has 0 bridgehead atoms. The lowest BCUT2D eigenvalue weighted by Gasteiger charge is -2.16. The fourth-order valence-electron chi connectivity index (χ4n) is 4.81. The van der Waals surface area contributed by atoms with E-state index in [1.165, 1.54) is 76.7 Å². The Hall–Kier alpha value is -2.45. The van der Waals surface area contributed by atoms with Crippen molar-refractivity contribution in [1.82, 2.24) is 4.90 Å². The lowest BCUT2D eigenvalue weighted by molar-refractivity contribution is 0.101. The number of ketones is 1. The molecule has 1 heterocycles. The maximum absolute atomic E-state index is 12.8. The average molecular weight is 647 g/mol. The second kappa shape index (κ2) is 20.4. The van der Waals surface area contributed by atoms with Gasteiger partial charge >= 0.3 is 6.03 Å². The van der Waals surface area contributed by atoms with Gasteiger partial charge in [0.2, 0.25) is 0 Å². The topological polar surface area (TPSA) is 70.7 Å². The zero-order chi connectivity index (χ0) is 28.4. The molecule has 0 aliphatic carbocycles. The van der Waals surface area contributed by atoms with Crippen molar-refractivity contribution in [1.29, 1.82) is 0 Å². The number of thioether (sulfide) groups is 1. The van der Waals surface area contributed by atoms with Crippen LogP contribution in [0.2, 0.25) is 0 Å². The number of hydrogen-bond donors (Lipinski definition) is 2. The van der Waals surface area contributed by atoms with Crippen molar-refractivity contribution in [2.75, 3.05) is 23.1 Å². The van der Waals surface area contributed by atoms with E-state index in [2.05, 4.69) is 34.1 Å². The van der Waals surface area contributed by atoms with Crippen LogP contribution in [0.3, 0.4) is 0 Å². The van der Waals surface area contributed by atoms with Crippen molar-refractivity contribution in [3.63, 3.8) is 0 Å². The standard InChI is InChI=1S/C33H47N3O3S.BrH/c1-3-4-5-6-7-8-9-10-11-12-13-14-23-39-32-30(27(2)37)16-15-17-31(32)35-33(38)34-29-20-18-28(19-21-29)25-36-22-24-40-26-36;/h15-22,24H,3-14,23,25-26H2,1-2H3,(H2,34,35,38);1H. The largest absolute Gasteiger partial charge is 0.491 e. The van der Waals surface area contributed by atoms with Gasteiger partial charge in [-0.1, -0.05) is 95.8 Å². The number of hydrogen-bond acceptors (Lipinski definition) is 5. The lowest BCUT2D eigenvalue weighted by Crippen LogP contribution is -2.20. The van der Waals surface area contributed by atoms with Crippen LogP contribution >= 0.6 is 28.7 Å². The first-order valence-electron chi connectivity index (χ1n) is 15.0. The molecule has 1 aliphatic rings. The minimum absolute atomic E-state index is 0. The number of carbonyl (C=O) groups is 2. The zero-order valence-corrected chi connectivity index (χ0v) is 27.3. The Balaban J connectivity index is 0.00000588. The van der Waals surface area contributed by atoms with E-state index < -0.39 is 0 Å². The molecule has 0 atom stereocenters. The number of carbonyl (C=O) groups excluding carboxylic acids is 2. The fraction of sp³-hybridized carbons (Fsp3) is 0.515. The van der Waals surface area contributed by atoms with E-state index in [-0.39, 0.29) is 28.8 Å². The predicted octanol–water partition coefficient (Wildman–Crippen LogP) is 10.2. The van der Waals surface area contributed by atoms with Crippen LogP contribution in [0, 0.1) is 0 Å². The molecule has 6 nitrogen and oxygen atoms in total. The SMILES string of the molecule is Br.CCCCCCCCCCCCCCOc1c(NC(=O)Nc2ccc(CN3C=CSC3)cc2)cccc1C(C)=O. The third-order valence-electron chi connectivity index (χ3n) is 7.09. The van der Waals surface area contributed by atoms with Crippen LogP contribution in [0.1, 0.15) is 107 Å². The molecule has 0 saturated heterocycles. The summed E-state index contributed by atoms with van der Waals surface area (Å²) in [6.07, 6.45) is 17.4. The van der Waals surface area contributed by atoms with Gasteiger partial charge in [0, 0.05) is 18.4 Å². The highest BCUT2D eigenvalue weighted by molar-refractivity contribution is 8.93. The number of amides is 2. The van der Waals surface area contributed by atoms with Crippen molar-refractivity contribution >= 4 is 51.9 Å². The number of Topliss-reactive ketones (excluding diaryl/α,β-unsaturated/α-hetero) is 1. The van der Waals surface area contributed by atoms with Gasteiger partial charge in [0.15, 0.2) is 11.5 Å². The zero-order valence-electron chi connectivity index (χ0n) is 24.8. The summed E-state index contributed by atoms with van der Waals surface area (Å²) in [6.45, 7) is 5.14. The van der Waals surface area contributed by atoms with Crippen LogP contribution in [0.15, 0.2) is 54.1 Å². The first kappa shape index (κ1) is 34.7. The minimum Gasteiger partial charge on any atom is -0.491 e. The van der Waals surface area contributed by atoms with Gasteiger partial charge in [0.25, 0.3) is 0 Å². The Kier molecular flexibility index (Phi) is 17.3. The number of rotatable bonds is 19. The van der Waals surface area contributed by atoms with E-state index in [0.29, 0.717) is 29.3 Å². The van der Waals surface area contributed by atoms with Gasteiger partial charge in [0.1, 0.15) is 0 Å². The summed E-state index contributed by atoms with van der Waals surface area (Å²) in [4.78, 5) is 27.3. The molecular formula is C33H48BrN3O3S. The van der Waals surface area contributed by atoms with Crippen LogP contribution in [0.25, 0.3) is 0 Å². The summed E-state index contributed by atoms with van der Waals surface area (Å²) in [5.41, 5.74) is 2.87. The normalized spacial score (nSPS) is 12.2. The smallest absolute Gasteiger partial charge is 0.323 e. The summed E-state index contributed by atoms with van der Waals surface area (Å²) in [5, 5.41) is 7.85. The highest BCUT2D eigenvalue weighted by Gasteiger charge is 2.16. The Morgan fingerprint density at radius 1 is 0.854 bits per heavy atom. The van der Waals surface area contributed by atoms with Crippen molar-refractivity contribution in [2.24, 2.45) is 0 Å². The van der Waals surface area contributed by atoms with E-state index in [1.807, 2.05) is 24.3 Å². The molecule has 3 rings (SSSR count). The number of benzene rings is 2. The number of nitrogens with zero attached hydrogens (tertiary/aromatic N) is 1. The molecule has 0 unspecified atom stereocenters. The first-order valence-corrected chi connectivity index (χ1v) is 16.1. The molecule has 0 spiro atoms. The number of unbranched alkanes of at least 4 members (excludes halogenated alkanes) is 11. The Bertz CT molecular complexity index is 1080. The molecule has 0 fully saturated rings. The summed E-state index contributed by atoms with van der Waals surface area (Å²) in [6, 6.07) is 12.8. The predicted molar refractivity (Wildman–Crippen MR) is 180 cm³/mol. The van der Waals surface area contributed by atoms with E-state index >= 15 is 0 Å². The molecular weight excluding hydrogens is 598 g/mol. The average Bonchev–Trinajstić information content (AvgIpc) is 3.46. The fourth-order valence-corrected chi connectivity index (χ4v) is 5.52. The second-order valence-electron chi connectivity index (χ2n) is 10.6.